The second-order valence-electron chi connectivity index (χ2n) is 8.85. The van der Waals surface area contributed by atoms with Crippen molar-refractivity contribution in [2.75, 3.05) is 6.54 Å². The van der Waals surface area contributed by atoms with Crippen LogP contribution in [0.25, 0.3) is 0 Å². The molecule has 0 bridgehead atoms. The molecule has 180 valence electrons. The van der Waals surface area contributed by atoms with Crippen LogP contribution in [-0.4, -0.2) is 52.1 Å². The lowest BCUT2D eigenvalue weighted by Crippen LogP contribution is -2.49. The molecule has 3 rings (SSSR count). The zero-order valence-electron chi connectivity index (χ0n) is 20.3. The number of nitrogens with one attached hydrogen (secondary N) is 1. The predicted molar refractivity (Wildman–Crippen MR) is 130 cm³/mol. The molecule has 34 heavy (non-hydrogen) atoms. The highest BCUT2D eigenvalue weighted by atomic mass is 16.2. The maximum Gasteiger partial charge on any atom is 0.261 e. The third-order valence-corrected chi connectivity index (χ3v) is 6.42. The molecule has 0 aliphatic carbocycles. The Balaban J connectivity index is 1.68. The summed E-state index contributed by atoms with van der Waals surface area (Å²) in [6.45, 7) is 8.10. The first-order valence-corrected chi connectivity index (χ1v) is 11.8. The van der Waals surface area contributed by atoms with Crippen LogP contribution in [0.4, 0.5) is 0 Å². The Morgan fingerprint density at radius 1 is 0.971 bits per heavy atom. The molecule has 7 nitrogen and oxygen atoms in total. The molecular weight excluding hydrogens is 430 g/mol. The number of hydrogen-bond donors (Lipinski definition) is 1. The fraction of sp³-hybridized carbons (Fsp3) is 0.407. The highest BCUT2D eigenvalue weighted by Gasteiger charge is 2.35. The Morgan fingerprint density at radius 2 is 1.56 bits per heavy atom. The van der Waals surface area contributed by atoms with Gasteiger partial charge >= 0.3 is 0 Å². The van der Waals surface area contributed by atoms with Crippen LogP contribution in [0.5, 0.6) is 0 Å². The summed E-state index contributed by atoms with van der Waals surface area (Å²) in [5, 5.41) is 2.96. The van der Waals surface area contributed by atoms with Gasteiger partial charge in [-0.2, -0.15) is 0 Å². The van der Waals surface area contributed by atoms with E-state index in [0.29, 0.717) is 24.1 Å². The zero-order chi connectivity index (χ0) is 24.8. The third-order valence-electron chi connectivity index (χ3n) is 6.42. The molecular formula is C27H33N3O4. The van der Waals surface area contributed by atoms with Crippen molar-refractivity contribution in [3.05, 3.63) is 70.8 Å². The normalized spacial score (nSPS) is 14.5. The van der Waals surface area contributed by atoms with E-state index in [1.54, 1.807) is 36.1 Å². The van der Waals surface area contributed by atoms with E-state index in [1.807, 2.05) is 45.0 Å². The number of aryl methyl sites for hydroxylation is 1. The molecule has 0 radical (unpaired) electrons. The van der Waals surface area contributed by atoms with Crippen LogP contribution >= 0.6 is 0 Å². The van der Waals surface area contributed by atoms with E-state index in [2.05, 4.69) is 5.32 Å². The average molecular weight is 464 g/mol. The Kier molecular flexibility index (Phi) is 8.21. The van der Waals surface area contributed by atoms with Crippen LogP contribution < -0.4 is 5.32 Å². The lowest BCUT2D eigenvalue weighted by atomic mass is 10.1. The third kappa shape index (κ3) is 5.53. The second-order valence-corrected chi connectivity index (χ2v) is 8.85. The molecule has 1 aliphatic rings. The van der Waals surface area contributed by atoms with Gasteiger partial charge in [0.25, 0.3) is 11.8 Å². The molecule has 2 aromatic rings. The maximum absolute atomic E-state index is 13.3. The molecule has 1 N–H and O–H groups in total. The zero-order valence-corrected chi connectivity index (χ0v) is 20.3. The molecule has 0 spiro atoms. The predicted octanol–water partition coefficient (Wildman–Crippen LogP) is 3.70. The van der Waals surface area contributed by atoms with Crippen molar-refractivity contribution in [3.8, 4) is 0 Å². The number of rotatable bonds is 10. The van der Waals surface area contributed by atoms with Gasteiger partial charge in [0.1, 0.15) is 6.04 Å². The van der Waals surface area contributed by atoms with Crippen LogP contribution in [0.2, 0.25) is 0 Å². The molecule has 2 atom stereocenters. The van der Waals surface area contributed by atoms with Crippen molar-refractivity contribution in [1.29, 1.82) is 0 Å². The van der Waals surface area contributed by atoms with E-state index in [0.717, 1.165) is 17.5 Å². The summed E-state index contributed by atoms with van der Waals surface area (Å²) in [7, 11) is 0. The van der Waals surface area contributed by atoms with E-state index in [1.165, 1.54) is 4.90 Å². The Bertz CT molecular complexity index is 1050. The van der Waals surface area contributed by atoms with Gasteiger partial charge in [-0.05, 0) is 56.9 Å². The molecule has 0 saturated heterocycles. The maximum atomic E-state index is 13.3. The van der Waals surface area contributed by atoms with E-state index in [4.69, 9.17) is 0 Å². The van der Waals surface area contributed by atoms with Gasteiger partial charge in [0.05, 0.1) is 11.1 Å². The second kappa shape index (κ2) is 11.1. The molecule has 0 fully saturated rings. The van der Waals surface area contributed by atoms with Gasteiger partial charge in [-0.15, -0.1) is 0 Å². The highest BCUT2D eigenvalue weighted by molar-refractivity contribution is 6.21. The smallest absolute Gasteiger partial charge is 0.261 e. The molecule has 7 heteroatoms. The summed E-state index contributed by atoms with van der Waals surface area (Å²) >= 11 is 0. The van der Waals surface area contributed by atoms with Gasteiger partial charge in [0.15, 0.2) is 0 Å². The van der Waals surface area contributed by atoms with Crippen molar-refractivity contribution < 1.29 is 19.2 Å². The number of amides is 4. The largest absolute Gasteiger partial charge is 0.352 e. The fourth-order valence-electron chi connectivity index (χ4n) is 3.99. The lowest BCUT2D eigenvalue weighted by molar-refractivity contribution is -0.141. The van der Waals surface area contributed by atoms with Gasteiger partial charge in [-0.3, -0.25) is 24.1 Å². The van der Waals surface area contributed by atoms with Crippen LogP contribution in [0.3, 0.4) is 0 Å². The minimum atomic E-state index is -0.652. The van der Waals surface area contributed by atoms with Crippen molar-refractivity contribution in [2.45, 2.75) is 65.6 Å². The number of nitrogens with zero attached hydrogens (tertiary/aromatic N) is 2. The van der Waals surface area contributed by atoms with Gasteiger partial charge < -0.3 is 10.2 Å². The molecule has 0 unspecified atom stereocenters. The molecule has 1 aliphatic heterocycles. The first kappa shape index (κ1) is 25.1. The number of carbonyl (C=O) groups excluding carboxylic acids is 4. The van der Waals surface area contributed by atoms with E-state index >= 15 is 0 Å². The fourth-order valence-corrected chi connectivity index (χ4v) is 3.99. The molecule has 0 aromatic heterocycles. The van der Waals surface area contributed by atoms with Crippen molar-refractivity contribution in [1.82, 2.24) is 15.1 Å². The summed E-state index contributed by atoms with van der Waals surface area (Å²) in [6, 6.07) is 13.9. The number of hydrogen-bond acceptors (Lipinski definition) is 4. The monoisotopic (exact) mass is 463 g/mol. The quantitative estimate of drug-likeness (QED) is 0.545. The first-order chi connectivity index (χ1) is 16.2. The first-order valence-electron chi connectivity index (χ1n) is 11.8. The van der Waals surface area contributed by atoms with E-state index in [9.17, 15) is 19.2 Å². The summed E-state index contributed by atoms with van der Waals surface area (Å²) in [5.41, 5.74) is 2.81. The van der Waals surface area contributed by atoms with E-state index in [-0.39, 0.29) is 42.6 Å². The average Bonchev–Trinajstić information content (AvgIpc) is 3.07. The number of carbonyl (C=O) groups is 4. The summed E-state index contributed by atoms with van der Waals surface area (Å²) < 4.78 is 0. The Hall–Kier alpha value is -3.48. The van der Waals surface area contributed by atoms with Gasteiger partial charge in [-0.1, -0.05) is 43.3 Å². The van der Waals surface area contributed by atoms with Crippen LogP contribution in [0.1, 0.15) is 71.9 Å². The topological polar surface area (TPSA) is 86.8 Å². The molecule has 2 aromatic carbocycles. The minimum absolute atomic E-state index is 0.0131. The summed E-state index contributed by atoms with van der Waals surface area (Å²) in [4.78, 5) is 54.0. The standard InChI is InChI=1S/C27H33N3O4/c1-5-19(3)28-25(32)20(4)30(17-21-12-7-6-11-18(21)2)24(31)15-10-16-29-26(33)22-13-8-9-14-23(22)27(29)34/h6-9,11-14,19-20H,5,10,15-17H2,1-4H3,(H,28,32)/t19-,20+/m0/s1. The Labute approximate surface area is 201 Å². The number of imide groups is 1. The summed E-state index contributed by atoms with van der Waals surface area (Å²) in [6.07, 6.45) is 1.25. The summed E-state index contributed by atoms with van der Waals surface area (Å²) in [5.74, 6) is -1.04. The number of benzene rings is 2. The number of fused-ring (bicyclic) bond motifs is 1. The minimum Gasteiger partial charge on any atom is -0.352 e. The van der Waals surface area contributed by atoms with Crippen molar-refractivity contribution in [3.63, 3.8) is 0 Å². The van der Waals surface area contributed by atoms with Crippen LogP contribution in [-0.2, 0) is 16.1 Å². The molecule has 0 saturated carbocycles. The van der Waals surface area contributed by atoms with Crippen LogP contribution in [0, 0.1) is 6.92 Å². The SMILES string of the molecule is CC[C@H](C)NC(=O)[C@@H](C)N(Cc1ccccc1C)C(=O)CCCN1C(=O)c2ccccc2C1=O. The van der Waals surface area contributed by atoms with Gasteiger partial charge in [0, 0.05) is 25.6 Å². The van der Waals surface area contributed by atoms with Crippen molar-refractivity contribution >= 4 is 23.6 Å². The van der Waals surface area contributed by atoms with Crippen LogP contribution in [0.15, 0.2) is 48.5 Å². The molecule has 1 heterocycles. The van der Waals surface area contributed by atoms with E-state index < -0.39 is 6.04 Å². The molecule has 4 amide bonds. The van der Waals surface area contributed by atoms with Crippen molar-refractivity contribution in [2.24, 2.45) is 0 Å². The van der Waals surface area contributed by atoms with Gasteiger partial charge in [-0.25, -0.2) is 0 Å². The lowest BCUT2D eigenvalue weighted by Gasteiger charge is -2.30. The van der Waals surface area contributed by atoms with Gasteiger partial charge in [0.2, 0.25) is 11.8 Å². The Morgan fingerprint density at radius 3 is 2.15 bits per heavy atom. The highest BCUT2D eigenvalue weighted by Crippen LogP contribution is 2.23.